The fourth-order valence-corrected chi connectivity index (χ4v) is 2.43. The Morgan fingerprint density at radius 1 is 1.18 bits per heavy atom. The van der Waals surface area contributed by atoms with Crippen molar-refractivity contribution in [2.75, 3.05) is 11.9 Å². The molecule has 0 saturated carbocycles. The Bertz CT molecular complexity index is 972. The third kappa shape index (κ3) is 4.64. The van der Waals surface area contributed by atoms with Gasteiger partial charge in [-0.25, -0.2) is 0 Å². The number of para-hydroxylation sites is 2. The molecule has 28 heavy (non-hydrogen) atoms. The second kappa shape index (κ2) is 8.07. The van der Waals surface area contributed by atoms with Crippen molar-refractivity contribution >= 4 is 11.6 Å². The molecule has 3 aromatic rings. The first-order chi connectivity index (χ1) is 13.4. The summed E-state index contributed by atoms with van der Waals surface area (Å²) in [5.74, 6) is 0.0864. The number of hydrogen-bond acceptors (Lipinski definition) is 5. The summed E-state index contributed by atoms with van der Waals surface area (Å²) < 4.78 is 43.9. The van der Waals surface area contributed by atoms with E-state index in [-0.39, 0.29) is 17.9 Å². The predicted octanol–water partition coefficient (Wildman–Crippen LogP) is 3.40. The van der Waals surface area contributed by atoms with E-state index in [9.17, 15) is 18.0 Å². The summed E-state index contributed by atoms with van der Waals surface area (Å²) in [7, 11) is 0. The number of hydrogen-bond donors (Lipinski definition) is 1. The van der Waals surface area contributed by atoms with Gasteiger partial charge in [0.2, 0.25) is 11.7 Å². The number of rotatable bonds is 6. The molecule has 0 atom stereocenters. The minimum atomic E-state index is -4.47. The first-order valence-electron chi connectivity index (χ1n) is 8.34. The zero-order chi connectivity index (χ0) is 20.1. The fraction of sp³-hybridized carbons (Fsp3) is 0.222. The highest BCUT2D eigenvalue weighted by atomic mass is 19.4. The van der Waals surface area contributed by atoms with Gasteiger partial charge in [0.25, 0.3) is 0 Å². The van der Waals surface area contributed by atoms with E-state index in [0.29, 0.717) is 18.0 Å². The highest BCUT2D eigenvalue weighted by Gasteiger charge is 2.30. The van der Waals surface area contributed by atoms with Crippen molar-refractivity contribution in [3.8, 4) is 17.1 Å². The third-order valence-corrected chi connectivity index (χ3v) is 3.65. The lowest BCUT2D eigenvalue weighted by atomic mass is 10.1. The minimum absolute atomic E-state index is 0.00591. The van der Waals surface area contributed by atoms with Gasteiger partial charge in [-0.1, -0.05) is 24.3 Å². The summed E-state index contributed by atoms with van der Waals surface area (Å²) in [5.41, 5.74) is -0.164. The van der Waals surface area contributed by atoms with Crippen LogP contribution in [0, 0.1) is 0 Å². The van der Waals surface area contributed by atoms with Crippen LogP contribution in [-0.4, -0.2) is 32.7 Å². The molecule has 0 aliphatic rings. The highest BCUT2D eigenvalue weighted by Crippen LogP contribution is 2.31. The normalized spacial score (nSPS) is 11.3. The van der Waals surface area contributed by atoms with Gasteiger partial charge in [0.05, 0.1) is 17.9 Å². The Morgan fingerprint density at radius 2 is 1.96 bits per heavy atom. The Labute approximate surface area is 158 Å². The van der Waals surface area contributed by atoms with Crippen LogP contribution in [0.5, 0.6) is 5.75 Å². The molecule has 1 amide bonds. The van der Waals surface area contributed by atoms with Gasteiger partial charge in [0, 0.05) is 5.56 Å². The Morgan fingerprint density at radius 3 is 2.71 bits per heavy atom. The Hall–Kier alpha value is -3.43. The average molecular weight is 391 g/mol. The number of halogens is 3. The number of amides is 1. The summed E-state index contributed by atoms with van der Waals surface area (Å²) in [5, 5.41) is 14.1. The van der Waals surface area contributed by atoms with Crippen LogP contribution in [0.3, 0.4) is 0 Å². The van der Waals surface area contributed by atoms with E-state index in [2.05, 4.69) is 20.7 Å². The van der Waals surface area contributed by atoms with Crippen LogP contribution in [0.25, 0.3) is 11.4 Å². The third-order valence-electron chi connectivity index (χ3n) is 3.65. The predicted molar refractivity (Wildman–Crippen MR) is 94.5 cm³/mol. The summed E-state index contributed by atoms with van der Waals surface area (Å²) in [6.45, 7) is 2.01. The molecule has 1 aromatic heterocycles. The summed E-state index contributed by atoms with van der Waals surface area (Å²) >= 11 is 0. The maximum absolute atomic E-state index is 12.8. The molecule has 146 valence electrons. The maximum atomic E-state index is 12.8. The quantitative estimate of drug-likeness (QED) is 0.697. The maximum Gasteiger partial charge on any atom is 0.416 e. The van der Waals surface area contributed by atoms with Crippen molar-refractivity contribution in [1.29, 1.82) is 0 Å². The number of nitrogens with one attached hydrogen (secondary N) is 1. The highest BCUT2D eigenvalue weighted by molar-refractivity contribution is 5.92. The van der Waals surface area contributed by atoms with E-state index in [0.717, 1.165) is 16.9 Å². The van der Waals surface area contributed by atoms with E-state index < -0.39 is 17.6 Å². The molecule has 2 aromatic carbocycles. The van der Waals surface area contributed by atoms with Gasteiger partial charge in [0.15, 0.2) is 0 Å². The van der Waals surface area contributed by atoms with Gasteiger partial charge in [0.1, 0.15) is 12.3 Å². The molecule has 1 heterocycles. The zero-order valence-corrected chi connectivity index (χ0v) is 14.8. The smallest absolute Gasteiger partial charge is 0.416 e. The van der Waals surface area contributed by atoms with Gasteiger partial charge in [-0.2, -0.15) is 18.0 Å². The number of benzene rings is 2. The lowest BCUT2D eigenvalue weighted by Gasteiger charge is -2.10. The van der Waals surface area contributed by atoms with Crippen molar-refractivity contribution in [2.45, 2.75) is 19.6 Å². The van der Waals surface area contributed by atoms with Crippen LogP contribution in [0.15, 0.2) is 48.5 Å². The topological polar surface area (TPSA) is 81.9 Å². The molecule has 7 nitrogen and oxygen atoms in total. The van der Waals surface area contributed by atoms with Crippen LogP contribution in [-0.2, 0) is 17.5 Å². The van der Waals surface area contributed by atoms with Crippen molar-refractivity contribution in [1.82, 2.24) is 20.2 Å². The number of tetrazole rings is 1. The molecular weight excluding hydrogens is 375 g/mol. The number of anilines is 1. The summed E-state index contributed by atoms with van der Waals surface area (Å²) in [6, 6.07) is 11.5. The largest absolute Gasteiger partial charge is 0.492 e. The van der Waals surface area contributed by atoms with Crippen LogP contribution < -0.4 is 10.1 Å². The molecule has 0 unspecified atom stereocenters. The van der Waals surface area contributed by atoms with Crippen LogP contribution in [0.4, 0.5) is 18.9 Å². The average Bonchev–Trinajstić information content (AvgIpc) is 3.11. The Balaban J connectivity index is 1.71. The molecule has 0 radical (unpaired) electrons. The standard InChI is InChI=1S/C18H16F3N5O2/c1-2-28-15-9-4-3-8-14(15)22-16(27)11-26-24-17(23-25-26)12-6-5-7-13(10-12)18(19,20)21/h3-10H,2,11H2,1H3,(H,22,27). The molecule has 1 N–H and O–H groups in total. The minimum Gasteiger partial charge on any atom is -0.492 e. The molecule has 0 spiro atoms. The SMILES string of the molecule is CCOc1ccccc1NC(=O)Cn1nnc(-c2cccc(C(F)(F)F)c2)n1. The monoisotopic (exact) mass is 391 g/mol. The second-order valence-corrected chi connectivity index (χ2v) is 5.70. The molecule has 0 bridgehead atoms. The molecule has 0 saturated heterocycles. The number of ether oxygens (including phenoxy) is 1. The van der Waals surface area contributed by atoms with E-state index >= 15 is 0 Å². The van der Waals surface area contributed by atoms with Crippen molar-refractivity contribution in [3.63, 3.8) is 0 Å². The number of carbonyl (C=O) groups excluding carboxylic acids is 1. The number of nitrogens with zero attached hydrogens (tertiary/aromatic N) is 4. The lowest BCUT2D eigenvalue weighted by molar-refractivity contribution is -0.137. The van der Waals surface area contributed by atoms with E-state index in [4.69, 9.17) is 4.74 Å². The number of aromatic nitrogens is 4. The molecule has 3 rings (SSSR count). The van der Waals surface area contributed by atoms with Crippen LogP contribution >= 0.6 is 0 Å². The van der Waals surface area contributed by atoms with Gasteiger partial charge < -0.3 is 10.1 Å². The zero-order valence-electron chi connectivity index (χ0n) is 14.8. The Kier molecular flexibility index (Phi) is 5.57. The van der Waals surface area contributed by atoms with E-state index in [1.165, 1.54) is 12.1 Å². The second-order valence-electron chi connectivity index (χ2n) is 5.70. The van der Waals surface area contributed by atoms with Gasteiger partial charge in [-0.15, -0.1) is 10.2 Å². The van der Waals surface area contributed by atoms with Gasteiger partial charge in [-0.3, -0.25) is 4.79 Å². The molecule has 10 heteroatoms. The number of carbonyl (C=O) groups is 1. The lowest BCUT2D eigenvalue weighted by Crippen LogP contribution is -2.20. The van der Waals surface area contributed by atoms with Crippen molar-refractivity contribution in [3.05, 3.63) is 54.1 Å². The van der Waals surface area contributed by atoms with Crippen molar-refractivity contribution in [2.24, 2.45) is 0 Å². The number of alkyl halides is 3. The van der Waals surface area contributed by atoms with Gasteiger partial charge in [-0.05, 0) is 36.4 Å². The molecule has 0 fully saturated rings. The van der Waals surface area contributed by atoms with Gasteiger partial charge >= 0.3 is 6.18 Å². The first-order valence-corrected chi connectivity index (χ1v) is 8.34. The molecular formula is C18H16F3N5O2. The molecule has 0 aliphatic carbocycles. The van der Waals surface area contributed by atoms with E-state index in [1.54, 1.807) is 24.3 Å². The summed E-state index contributed by atoms with van der Waals surface area (Å²) in [4.78, 5) is 13.2. The molecule has 0 aliphatic heterocycles. The van der Waals surface area contributed by atoms with Crippen LogP contribution in [0.1, 0.15) is 12.5 Å². The summed E-state index contributed by atoms with van der Waals surface area (Å²) in [6.07, 6.45) is -4.47. The fourth-order valence-electron chi connectivity index (χ4n) is 2.43. The first kappa shape index (κ1) is 19.3. The van der Waals surface area contributed by atoms with Crippen molar-refractivity contribution < 1.29 is 22.7 Å². The van der Waals surface area contributed by atoms with Crippen LogP contribution in [0.2, 0.25) is 0 Å². The van der Waals surface area contributed by atoms with E-state index in [1.807, 2.05) is 6.92 Å².